The zero-order chi connectivity index (χ0) is 13.9. The van der Waals surface area contributed by atoms with Crippen molar-refractivity contribution in [1.82, 2.24) is 0 Å². The second-order valence-electron chi connectivity index (χ2n) is 3.53. The highest BCUT2D eigenvalue weighted by Gasteiger charge is 2.19. The molecule has 96 valence electrons. The average Bonchev–Trinajstić information content (AvgIpc) is 2.29. The molecule has 0 bridgehead atoms. The van der Waals surface area contributed by atoms with Crippen LogP contribution in [0.1, 0.15) is 24.2 Å². The van der Waals surface area contributed by atoms with Gasteiger partial charge < -0.3 is 4.74 Å². The lowest BCUT2D eigenvalue weighted by Gasteiger charge is -2.18. The first kappa shape index (κ1) is 14.4. The summed E-state index contributed by atoms with van der Waals surface area (Å²) in [6.45, 7) is 2.56. The van der Waals surface area contributed by atoms with Crippen molar-refractivity contribution in [3.05, 3.63) is 28.2 Å². The number of imide groups is 1. The van der Waals surface area contributed by atoms with Gasteiger partial charge in [0, 0.05) is 18.3 Å². The summed E-state index contributed by atoms with van der Waals surface area (Å²) >= 11 is 3.21. The van der Waals surface area contributed by atoms with Gasteiger partial charge in [0.15, 0.2) is 0 Å². The van der Waals surface area contributed by atoms with Crippen LogP contribution in [0.5, 0.6) is 0 Å². The van der Waals surface area contributed by atoms with Crippen LogP contribution >= 0.6 is 15.9 Å². The Labute approximate surface area is 113 Å². The Kier molecular flexibility index (Phi) is 4.61. The Hall–Kier alpha value is -1.69. The molecule has 0 radical (unpaired) electrons. The number of nitrogens with zero attached hydrogens (tertiary/aromatic N) is 1. The van der Waals surface area contributed by atoms with Gasteiger partial charge in [-0.2, -0.15) is 0 Å². The molecule has 18 heavy (non-hydrogen) atoms. The van der Waals surface area contributed by atoms with Crippen molar-refractivity contribution in [1.29, 1.82) is 0 Å². The summed E-state index contributed by atoms with van der Waals surface area (Å²) in [5.74, 6) is -1.38. The van der Waals surface area contributed by atoms with Crippen LogP contribution in [0.15, 0.2) is 22.7 Å². The first-order chi connectivity index (χ1) is 8.38. The number of hydrogen-bond acceptors (Lipinski definition) is 4. The molecular weight excluding hydrogens is 302 g/mol. The van der Waals surface area contributed by atoms with Crippen LogP contribution in [-0.2, 0) is 14.3 Å². The Morgan fingerprint density at radius 2 is 1.72 bits per heavy atom. The second kappa shape index (κ2) is 5.77. The van der Waals surface area contributed by atoms with E-state index in [1.807, 2.05) is 0 Å². The highest BCUT2D eigenvalue weighted by molar-refractivity contribution is 9.10. The third-order valence-electron chi connectivity index (χ3n) is 2.24. The van der Waals surface area contributed by atoms with E-state index in [-0.39, 0.29) is 5.56 Å². The van der Waals surface area contributed by atoms with E-state index in [9.17, 15) is 14.4 Å². The lowest BCUT2D eigenvalue weighted by atomic mass is 10.2. The molecular formula is C12H12BrNO4. The fraction of sp³-hybridized carbons (Fsp3) is 0.250. The first-order valence-corrected chi connectivity index (χ1v) is 5.87. The molecule has 0 unspecified atom stereocenters. The standard InChI is InChI=1S/C12H12BrNO4/c1-7(15)14(8(2)16)9-4-5-11(13)10(6-9)12(17)18-3/h4-6H,1-3H3. The van der Waals surface area contributed by atoms with E-state index < -0.39 is 17.8 Å². The number of ether oxygens (including phenoxy) is 1. The Bertz CT molecular complexity index is 499. The quantitative estimate of drug-likeness (QED) is 0.785. The molecule has 0 atom stereocenters. The maximum atomic E-state index is 11.5. The molecule has 1 aromatic carbocycles. The van der Waals surface area contributed by atoms with Crippen LogP contribution in [0.25, 0.3) is 0 Å². The lowest BCUT2D eigenvalue weighted by molar-refractivity contribution is -0.124. The fourth-order valence-electron chi connectivity index (χ4n) is 1.50. The van der Waals surface area contributed by atoms with Crippen molar-refractivity contribution >= 4 is 39.4 Å². The maximum Gasteiger partial charge on any atom is 0.339 e. The van der Waals surface area contributed by atoms with Crippen molar-refractivity contribution in [2.45, 2.75) is 13.8 Å². The Balaban J connectivity index is 3.30. The molecule has 0 saturated heterocycles. The van der Waals surface area contributed by atoms with Gasteiger partial charge in [-0.05, 0) is 34.1 Å². The van der Waals surface area contributed by atoms with Gasteiger partial charge >= 0.3 is 5.97 Å². The van der Waals surface area contributed by atoms with Crippen molar-refractivity contribution in [3.8, 4) is 0 Å². The normalized spacial score (nSPS) is 9.78. The summed E-state index contributed by atoms with van der Waals surface area (Å²) in [5.41, 5.74) is 0.584. The molecule has 0 aliphatic heterocycles. The molecule has 0 aliphatic carbocycles. The summed E-state index contributed by atoms with van der Waals surface area (Å²) < 4.78 is 5.15. The minimum atomic E-state index is -0.546. The number of methoxy groups -OCH3 is 1. The summed E-state index contributed by atoms with van der Waals surface area (Å²) in [7, 11) is 1.26. The Morgan fingerprint density at radius 1 is 1.17 bits per heavy atom. The van der Waals surface area contributed by atoms with E-state index in [1.54, 1.807) is 12.1 Å². The molecule has 0 aliphatic rings. The highest BCUT2D eigenvalue weighted by atomic mass is 79.9. The summed E-state index contributed by atoms with van der Waals surface area (Å²) in [5, 5.41) is 0. The van der Waals surface area contributed by atoms with Gasteiger partial charge in [0.1, 0.15) is 0 Å². The third kappa shape index (κ3) is 2.95. The van der Waals surface area contributed by atoms with Crippen LogP contribution in [-0.4, -0.2) is 24.9 Å². The smallest absolute Gasteiger partial charge is 0.339 e. The molecule has 0 saturated carbocycles. The molecule has 0 aromatic heterocycles. The lowest BCUT2D eigenvalue weighted by Crippen LogP contribution is -2.33. The third-order valence-corrected chi connectivity index (χ3v) is 2.93. The number of amides is 2. The minimum Gasteiger partial charge on any atom is -0.465 e. The van der Waals surface area contributed by atoms with Crippen molar-refractivity contribution in [3.63, 3.8) is 0 Å². The maximum absolute atomic E-state index is 11.5. The number of anilines is 1. The van der Waals surface area contributed by atoms with Gasteiger partial charge in [-0.3, -0.25) is 14.5 Å². The SMILES string of the molecule is COC(=O)c1cc(N(C(C)=O)C(C)=O)ccc1Br. The summed E-state index contributed by atoms with van der Waals surface area (Å²) in [6, 6.07) is 4.58. The van der Waals surface area contributed by atoms with Gasteiger partial charge in [0.2, 0.25) is 11.8 Å². The first-order valence-electron chi connectivity index (χ1n) is 5.07. The predicted octanol–water partition coefficient (Wildman–Crippen LogP) is 2.14. The van der Waals surface area contributed by atoms with Crippen molar-refractivity contribution in [2.75, 3.05) is 12.0 Å². The zero-order valence-electron chi connectivity index (χ0n) is 10.2. The topological polar surface area (TPSA) is 63.7 Å². The van der Waals surface area contributed by atoms with Crippen LogP contribution in [0.3, 0.4) is 0 Å². The van der Waals surface area contributed by atoms with E-state index in [1.165, 1.54) is 27.0 Å². The second-order valence-corrected chi connectivity index (χ2v) is 4.38. The van der Waals surface area contributed by atoms with Crippen LogP contribution < -0.4 is 4.90 Å². The van der Waals surface area contributed by atoms with Crippen LogP contribution in [0, 0.1) is 0 Å². The monoisotopic (exact) mass is 313 g/mol. The summed E-state index contributed by atoms with van der Waals surface area (Å²) in [4.78, 5) is 35.3. The van der Waals surface area contributed by atoms with E-state index in [0.717, 1.165) is 4.90 Å². The van der Waals surface area contributed by atoms with Crippen LogP contribution in [0.2, 0.25) is 0 Å². The molecule has 0 fully saturated rings. The number of esters is 1. The fourth-order valence-corrected chi connectivity index (χ4v) is 1.91. The molecule has 0 spiro atoms. The predicted molar refractivity (Wildman–Crippen MR) is 69.3 cm³/mol. The van der Waals surface area contributed by atoms with E-state index in [0.29, 0.717) is 10.2 Å². The average molecular weight is 314 g/mol. The highest BCUT2D eigenvalue weighted by Crippen LogP contribution is 2.24. The van der Waals surface area contributed by atoms with Crippen molar-refractivity contribution in [2.24, 2.45) is 0 Å². The van der Waals surface area contributed by atoms with Gasteiger partial charge in [-0.25, -0.2) is 4.79 Å². The molecule has 1 rings (SSSR count). The summed E-state index contributed by atoms with van der Waals surface area (Å²) in [6.07, 6.45) is 0. The largest absolute Gasteiger partial charge is 0.465 e. The molecule has 6 heteroatoms. The van der Waals surface area contributed by atoms with Gasteiger partial charge in [-0.1, -0.05) is 0 Å². The van der Waals surface area contributed by atoms with E-state index >= 15 is 0 Å². The molecule has 5 nitrogen and oxygen atoms in total. The molecule has 0 heterocycles. The number of benzene rings is 1. The number of carbonyl (C=O) groups is 3. The number of hydrogen-bond donors (Lipinski definition) is 0. The van der Waals surface area contributed by atoms with Crippen molar-refractivity contribution < 1.29 is 19.1 Å². The Morgan fingerprint density at radius 3 is 2.17 bits per heavy atom. The van der Waals surface area contributed by atoms with E-state index in [2.05, 4.69) is 20.7 Å². The molecule has 0 N–H and O–H groups in total. The number of carbonyl (C=O) groups excluding carboxylic acids is 3. The zero-order valence-corrected chi connectivity index (χ0v) is 11.8. The number of rotatable bonds is 2. The van der Waals surface area contributed by atoms with Gasteiger partial charge in [0.05, 0.1) is 18.4 Å². The van der Waals surface area contributed by atoms with E-state index in [4.69, 9.17) is 0 Å². The van der Waals surface area contributed by atoms with Crippen LogP contribution in [0.4, 0.5) is 5.69 Å². The van der Waals surface area contributed by atoms with Gasteiger partial charge in [-0.15, -0.1) is 0 Å². The van der Waals surface area contributed by atoms with Gasteiger partial charge in [0.25, 0.3) is 0 Å². The number of halogens is 1. The molecule has 2 amide bonds. The molecule has 1 aromatic rings. The minimum absolute atomic E-state index is 0.252.